The minimum atomic E-state index is 0.319. The summed E-state index contributed by atoms with van der Waals surface area (Å²) in [6, 6.07) is 6.22. The molecule has 0 heterocycles. The first-order valence-electron chi connectivity index (χ1n) is 6.34. The molecule has 0 atom stereocenters. The Labute approximate surface area is 114 Å². The van der Waals surface area contributed by atoms with E-state index in [1.165, 1.54) is 18.4 Å². The molecule has 1 nitrogen and oxygen atoms in total. The fourth-order valence-electron chi connectivity index (χ4n) is 2.00. The van der Waals surface area contributed by atoms with Gasteiger partial charge >= 0.3 is 0 Å². The highest BCUT2D eigenvalue weighted by Crippen LogP contribution is 2.48. The van der Waals surface area contributed by atoms with E-state index in [4.69, 9.17) is 16.3 Å². The number of hydrogen-bond acceptors (Lipinski definition) is 1. The molecule has 0 radical (unpaired) electrons. The van der Waals surface area contributed by atoms with Crippen LogP contribution in [0.2, 0.25) is 5.02 Å². The molecule has 0 N–H and O–H groups in total. The lowest BCUT2D eigenvalue weighted by atomic mass is 9.96. The molecule has 0 unspecified atom stereocenters. The van der Waals surface area contributed by atoms with Crippen molar-refractivity contribution in [1.82, 2.24) is 0 Å². The third-order valence-corrected chi connectivity index (χ3v) is 3.69. The van der Waals surface area contributed by atoms with Crippen LogP contribution in [0, 0.1) is 0 Å². The second-order valence-electron chi connectivity index (χ2n) is 5.03. The normalized spacial score (nSPS) is 18.1. The van der Waals surface area contributed by atoms with Crippen molar-refractivity contribution >= 4 is 17.4 Å². The van der Waals surface area contributed by atoms with Gasteiger partial charge in [-0.3, -0.25) is 0 Å². The highest BCUT2D eigenvalue weighted by Gasteiger charge is 2.39. The minimum Gasteiger partial charge on any atom is -0.465 e. The standard InChI is InChI=1S/C16H19ClO/c1-4-8-18-15(5-2)12-9-13(11-14(17)10-12)16(3)6-7-16/h4-5,8-11H,6-7H2,1-3H3/b8-4-,15-5-. The summed E-state index contributed by atoms with van der Waals surface area (Å²) < 4.78 is 5.59. The van der Waals surface area contributed by atoms with Gasteiger partial charge in [-0.05, 0) is 61.9 Å². The van der Waals surface area contributed by atoms with E-state index in [1.54, 1.807) is 6.26 Å². The molecule has 2 rings (SSSR count). The Morgan fingerprint density at radius 1 is 1.28 bits per heavy atom. The Balaban J connectivity index is 2.35. The summed E-state index contributed by atoms with van der Waals surface area (Å²) in [7, 11) is 0. The molecule has 0 saturated heterocycles. The van der Waals surface area contributed by atoms with E-state index in [0.717, 1.165) is 16.3 Å². The summed E-state index contributed by atoms with van der Waals surface area (Å²) in [5, 5.41) is 0.777. The van der Waals surface area contributed by atoms with Crippen LogP contribution in [0.5, 0.6) is 0 Å². The molecule has 1 aromatic rings. The number of allylic oxidation sites excluding steroid dienone is 2. The van der Waals surface area contributed by atoms with Gasteiger partial charge in [0.1, 0.15) is 5.76 Å². The molecule has 1 fully saturated rings. The fraction of sp³-hybridized carbons (Fsp3) is 0.375. The Morgan fingerprint density at radius 3 is 2.56 bits per heavy atom. The molecule has 1 aliphatic rings. The summed E-state index contributed by atoms with van der Waals surface area (Å²) in [5.74, 6) is 0.848. The monoisotopic (exact) mass is 262 g/mol. The number of ether oxygens (including phenoxy) is 1. The number of halogens is 1. The highest BCUT2D eigenvalue weighted by atomic mass is 35.5. The maximum atomic E-state index is 6.22. The SMILES string of the molecule is C/C=C\O/C(=C\C)c1cc(Cl)cc(C2(C)CC2)c1. The van der Waals surface area contributed by atoms with Crippen LogP contribution in [0.3, 0.4) is 0 Å². The zero-order valence-corrected chi connectivity index (χ0v) is 11.9. The molecule has 0 bridgehead atoms. The Kier molecular flexibility index (Phi) is 3.82. The predicted octanol–water partition coefficient (Wildman–Crippen LogP) is 5.30. The summed E-state index contributed by atoms with van der Waals surface area (Å²) in [6.07, 6.45) is 8.01. The van der Waals surface area contributed by atoms with Gasteiger partial charge in [0.05, 0.1) is 6.26 Å². The smallest absolute Gasteiger partial charge is 0.129 e. The number of benzene rings is 1. The van der Waals surface area contributed by atoms with E-state index in [2.05, 4.69) is 19.1 Å². The maximum absolute atomic E-state index is 6.22. The number of hydrogen-bond donors (Lipinski definition) is 0. The zero-order valence-electron chi connectivity index (χ0n) is 11.2. The van der Waals surface area contributed by atoms with Crippen molar-refractivity contribution in [3.05, 3.63) is 52.8 Å². The molecular formula is C16H19ClO. The third kappa shape index (κ3) is 2.78. The lowest BCUT2D eigenvalue weighted by molar-refractivity contribution is 0.435. The first-order chi connectivity index (χ1) is 8.59. The van der Waals surface area contributed by atoms with Crippen LogP contribution in [0.4, 0.5) is 0 Å². The zero-order chi connectivity index (χ0) is 13.2. The van der Waals surface area contributed by atoms with E-state index < -0.39 is 0 Å². The molecule has 0 aliphatic heterocycles. The molecule has 0 aromatic heterocycles. The minimum absolute atomic E-state index is 0.319. The highest BCUT2D eigenvalue weighted by molar-refractivity contribution is 6.30. The van der Waals surface area contributed by atoms with Crippen molar-refractivity contribution in [1.29, 1.82) is 0 Å². The quantitative estimate of drug-likeness (QED) is 0.669. The average Bonchev–Trinajstić information content (AvgIpc) is 3.09. The van der Waals surface area contributed by atoms with Crippen molar-refractivity contribution in [2.45, 2.75) is 39.0 Å². The van der Waals surface area contributed by atoms with Crippen molar-refractivity contribution in [3.63, 3.8) is 0 Å². The van der Waals surface area contributed by atoms with Gasteiger partial charge < -0.3 is 4.74 Å². The summed E-state index contributed by atoms with van der Waals surface area (Å²) >= 11 is 6.22. The first-order valence-corrected chi connectivity index (χ1v) is 6.72. The molecule has 1 aromatic carbocycles. The molecular weight excluding hydrogens is 244 g/mol. The molecule has 18 heavy (non-hydrogen) atoms. The van der Waals surface area contributed by atoms with Gasteiger partial charge in [0.15, 0.2) is 0 Å². The van der Waals surface area contributed by atoms with Crippen LogP contribution >= 0.6 is 11.6 Å². The van der Waals surface area contributed by atoms with Gasteiger partial charge in [0.2, 0.25) is 0 Å². The van der Waals surface area contributed by atoms with Crippen LogP contribution in [-0.2, 0) is 10.2 Å². The first kappa shape index (κ1) is 13.2. The summed E-state index contributed by atoms with van der Waals surface area (Å²) in [4.78, 5) is 0. The van der Waals surface area contributed by atoms with Gasteiger partial charge in [-0.2, -0.15) is 0 Å². The van der Waals surface area contributed by atoms with Gasteiger partial charge in [-0.1, -0.05) is 24.6 Å². The van der Waals surface area contributed by atoms with Crippen LogP contribution in [0.1, 0.15) is 44.7 Å². The summed E-state index contributed by atoms with van der Waals surface area (Å²) in [5.41, 5.74) is 2.68. The topological polar surface area (TPSA) is 9.23 Å². The lowest BCUT2D eigenvalue weighted by Gasteiger charge is -2.13. The molecule has 0 spiro atoms. The van der Waals surface area contributed by atoms with Crippen molar-refractivity contribution in [2.75, 3.05) is 0 Å². The molecule has 96 valence electrons. The average molecular weight is 263 g/mol. The van der Waals surface area contributed by atoms with Gasteiger partial charge in [0, 0.05) is 10.6 Å². The second kappa shape index (κ2) is 5.19. The van der Waals surface area contributed by atoms with E-state index in [0.29, 0.717) is 5.41 Å². The lowest BCUT2D eigenvalue weighted by Crippen LogP contribution is -2.01. The largest absolute Gasteiger partial charge is 0.465 e. The molecule has 2 heteroatoms. The van der Waals surface area contributed by atoms with Crippen molar-refractivity contribution in [2.24, 2.45) is 0 Å². The van der Waals surface area contributed by atoms with Crippen LogP contribution in [-0.4, -0.2) is 0 Å². The number of rotatable bonds is 4. The fourth-order valence-corrected chi connectivity index (χ4v) is 2.24. The molecule has 1 saturated carbocycles. The van der Waals surface area contributed by atoms with Crippen LogP contribution in [0.15, 0.2) is 36.6 Å². The van der Waals surface area contributed by atoms with E-state index in [9.17, 15) is 0 Å². The molecule has 0 amide bonds. The van der Waals surface area contributed by atoms with Crippen LogP contribution < -0.4 is 0 Å². The third-order valence-electron chi connectivity index (χ3n) is 3.47. The Bertz CT molecular complexity index is 496. The Morgan fingerprint density at radius 2 is 2.00 bits per heavy atom. The van der Waals surface area contributed by atoms with Crippen LogP contribution in [0.25, 0.3) is 5.76 Å². The summed E-state index contributed by atoms with van der Waals surface area (Å²) in [6.45, 7) is 6.19. The van der Waals surface area contributed by atoms with E-state index >= 15 is 0 Å². The van der Waals surface area contributed by atoms with Crippen molar-refractivity contribution in [3.8, 4) is 0 Å². The molecule has 1 aliphatic carbocycles. The predicted molar refractivity (Wildman–Crippen MR) is 77.6 cm³/mol. The maximum Gasteiger partial charge on any atom is 0.129 e. The van der Waals surface area contributed by atoms with Gasteiger partial charge in [-0.15, -0.1) is 0 Å². The van der Waals surface area contributed by atoms with E-state index in [1.807, 2.05) is 32.1 Å². The van der Waals surface area contributed by atoms with Crippen molar-refractivity contribution < 1.29 is 4.74 Å². The second-order valence-corrected chi connectivity index (χ2v) is 5.47. The van der Waals surface area contributed by atoms with Gasteiger partial charge in [0.25, 0.3) is 0 Å². The van der Waals surface area contributed by atoms with E-state index in [-0.39, 0.29) is 0 Å². The Hall–Kier alpha value is -1.21. The van der Waals surface area contributed by atoms with Gasteiger partial charge in [-0.25, -0.2) is 0 Å².